The third-order valence-electron chi connectivity index (χ3n) is 3.02. The predicted molar refractivity (Wildman–Crippen MR) is 80.1 cm³/mol. The molecule has 7 nitrogen and oxygen atoms in total. The van der Waals surface area contributed by atoms with Gasteiger partial charge in [-0.15, -0.1) is 0 Å². The molecule has 0 aromatic heterocycles. The van der Waals surface area contributed by atoms with Crippen LogP contribution < -0.4 is 5.32 Å². The summed E-state index contributed by atoms with van der Waals surface area (Å²) in [6.45, 7) is 5.42. The maximum absolute atomic E-state index is 12.1. The van der Waals surface area contributed by atoms with Gasteiger partial charge >= 0.3 is 0 Å². The fourth-order valence-electron chi connectivity index (χ4n) is 1.86. The molecule has 1 rings (SSSR count). The molecule has 0 spiro atoms. The summed E-state index contributed by atoms with van der Waals surface area (Å²) >= 11 is 0. The quantitative estimate of drug-likeness (QED) is 0.614. The standard InChI is InChI=1S/C14H21N3O4/c1-10(16(4)9-14(2,3)19)13(18)15-11-5-7-12(8-6-11)17(20)21/h5-8,10,19H,9H2,1-4H3,(H,15,18). The average Bonchev–Trinajstić information content (AvgIpc) is 2.36. The molecule has 0 aliphatic carbocycles. The molecule has 1 aromatic rings. The van der Waals surface area contributed by atoms with E-state index in [0.29, 0.717) is 12.2 Å². The molecule has 0 aliphatic rings. The molecule has 21 heavy (non-hydrogen) atoms. The molecule has 1 unspecified atom stereocenters. The summed E-state index contributed by atoms with van der Waals surface area (Å²) in [6.07, 6.45) is 0. The highest BCUT2D eigenvalue weighted by molar-refractivity contribution is 5.94. The molecule has 1 aromatic carbocycles. The first-order valence-electron chi connectivity index (χ1n) is 6.58. The zero-order valence-corrected chi connectivity index (χ0v) is 12.7. The summed E-state index contributed by atoms with van der Waals surface area (Å²) in [4.78, 5) is 23.9. The molecule has 0 fully saturated rings. The Bertz CT molecular complexity index is 508. The van der Waals surface area contributed by atoms with Crippen molar-refractivity contribution in [2.45, 2.75) is 32.4 Å². The van der Waals surface area contributed by atoms with Gasteiger partial charge in [-0.1, -0.05) is 0 Å². The molecule has 116 valence electrons. The maximum atomic E-state index is 12.1. The molecule has 0 heterocycles. The number of carbonyl (C=O) groups is 1. The first kappa shape index (κ1) is 17.1. The van der Waals surface area contributed by atoms with E-state index in [1.54, 1.807) is 32.7 Å². The number of hydrogen-bond acceptors (Lipinski definition) is 5. The van der Waals surface area contributed by atoms with Crippen molar-refractivity contribution in [1.29, 1.82) is 0 Å². The van der Waals surface area contributed by atoms with Crippen molar-refractivity contribution in [3.63, 3.8) is 0 Å². The number of benzene rings is 1. The number of amides is 1. The SMILES string of the molecule is CC(C(=O)Nc1ccc([N+](=O)[O-])cc1)N(C)CC(C)(C)O. The van der Waals surface area contributed by atoms with Gasteiger partial charge in [0, 0.05) is 24.4 Å². The predicted octanol–water partition coefficient (Wildman–Crippen LogP) is 1.62. The number of non-ortho nitro benzene ring substituents is 1. The number of nitro benzene ring substituents is 1. The van der Waals surface area contributed by atoms with Crippen molar-refractivity contribution in [3.8, 4) is 0 Å². The van der Waals surface area contributed by atoms with E-state index >= 15 is 0 Å². The van der Waals surface area contributed by atoms with Crippen molar-refractivity contribution < 1.29 is 14.8 Å². The van der Waals surface area contributed by atoms with E-state index in [4.69, 9.17) is 0 Å². The van der Waals surface area contributed by atoms with Crippen LogP contribution >= 0.6 is 0 Å². The molecule has 1 amide bonds. The van der Waals surface area contributed by atoms with Crippen LogP contribution in [0.4, 0.5) is 11.4 Å². The van der Waals surface area contributed by atoms with Crippen LogP contribution in [0.5, 0.6) is 0 Å². The Hall–Kier alpha value is -1.99. The number of rotatable bonds is 6. The van der Waals surface area contributed by atoms with E-state index < -0.39 is 16.6 Å². The smallest absolute Gasteiger partial charge is 0.269 e. The number of anilines is 1. The van der Waals surface area contributed by atoms with Crippen molar-refractivity contribution in [2.24, 2.45) is 0 Å². The van der Waals surface area contributed by atoms with E-state index in [0.717, 1.165) is 0 Å². The second-order valence-electron chi connectivity index (χ2n) is 5.70. The Balaban J connectivity index is 2.65. The van der Waals surface area contributed by atoms with Gasteiger partial charge in [0.15, 0.2) is 0 Å². The van der Waals surface area contributed by atoms with Crippen LogP contribution in [-0.2, 0) is 4.79 Å². The summed E-state index contributed by atoms with van der Waals surface area (Å²) < 4.78 is 0. The summed E-state index contributed by atoms with van der Waals surface area (Å²) in [7, 11) is 1.75. The Labute approximate surface area is 123 Å². The highest BCUT2D eigenvalue weighted by atomic mass is 16.6. The van der Waals surface area contributed by atoms with Crippen molar-refractivity contribution >= 4 is 17.3 Å². The fraction of sp³-hybridized carbons (Fsp3) is 0.500. The van der Waals surface area contributed by atoms with Gasteiger partial charge in [-0.2, -0.15) is 0 Å². The second-order valence-corrected chi connectivity index (χ2v) is 5.70. The van der Waals surface area contributed by atoms with Gasteiger partial charge in [0.1, 0.15) is 0 Å². The highest BCUT2D eigenvalue weighted by Crippen LogP contribution is 2.16. The number of hydrogen-bond donors (Lipinski definition) is 2. The van der Waals surface area contributed by atoms with E-state index in [9.17, 15) is 20.0 Å². The lowest BCUT2D eigenvalue weighted by atomic mass is 10.1. The molecule has 0 bridgehead atoms. The minimum atomic E-state index is -0.892. The zero-order chi connectivity index (χ0) is 16.2. The number of likely N-dealkylation sites (N-methyl/N-ethyl adjacent to an activating group) is 1. The normalized spacial score (nSPS) is 13.0. The molecule has 0 saturated heterocycles. The summed E-state index contributed by atoms with van der Waals surface area (Å²) in [5.74, 6) is -0.240. The van der Waals surface area contributed by atoms with Gasteiger partial charge in [0.05, 0.1) is 16.6 Å². The number of nitro groups is 1. The molecule has 0 aliphatic heterocycles. The second kappa shape index (κ2) is 6.64. The first-order chi connectivity index (χ1) is 9.60. The van der Waals surface area contributed by atoms with Crippen LogP contribution in [0.15, 0.2) is 24.3 Å². The molecule has 7 heteroatoms. The molecule has 1 atom stereocenters. The Morgan fingerprint density at radius 2 is 1.95 bits per heavy atom. The van der Waals surface area contributed by atoms with Crippen molar-refractivity contribution in [1.82, 2.24) is 4.90 Å². The Morgan fingerprint density at radius 1 is 1.43 bits per heavy atom. The lowest BCUT2D eigenvalue weighted by Gasteiger charge is -2.29. The minimum absolute atomic E-state index is 0.0276. The van der Waals surface area contributed by atoms with Crippen LogP contribution in [0.1, 0.15) is 20.8 Å². The lowest BCUT2D eigenvalue weighted by molar-refractivity contribution is -0.384. The third-order valence-corrected chi connectivity index (χ3v) is 3.02. The maximum Gasteiger partial charge on any atom is 0.269 e. The third kappa shape index (κ3) is 5.49. The van der Waals surface area contributed by atoms with Crippen molar-refractivity contribution in [2.75, 3.05) is 18.9 Å². The number of aliphatic hydroxyl groups is 1. The topological polar surface area (TPSA) is 95.7 Å². The van der Waals surface area contributed by atoms with E-state index in [1.807, 2.05) is 0 Å². The number of carbonyl (C=O) groups excluding carboxylic acids is 1. The van der Waals surface area contributed by atoms with Gasteiger partial charge in [0.25, 0.3) is 5.69 Å². The average molecular weight is 295 g/mol. The molecular weight excluding hydrogens is 274 g/mol. The van der Waals surface area contributed by atoms with Crippen LogP contribution in [0.2, 0.25) is 0 Å². The molecular formula is C14H21N3O4. The first-order valence-corrected chi connectivity index (χ1v) is 6.58. The van der Waals surface area contributed by atoms with Crippen LogP contribution in [0.25, 0.3) is 0 Å². The fourth-order valence-corrected chi connectivity index (χ4v) is 1.86. The van der Waals surface area contributed by atoms with Gasteiger partial charge in [-0.05, 0) is 40.0 Å². The summed E-state index contributed by atoms with van der Waals surface area (Å²) in [5.41, 5.74) is -0.425. The van der Waals surface area contributed by atoms with Gasteiger partial charge in [0.2, 0.25) is 5.91 Å². The monoisotopic (exact) mass is 295 g/mol. The van der Waals surface area contributed by atoms with Gasteiger partial charge in [-0.25, -0.2) is 0 Å². The lowest BCUT2D eigenvalue weighted by Crippen LogP contribution is -2.46. The van der Waals surface area contributed by atoms with Gasteiger partial charge < -0.3 is 10.4 Å². The number of nitrogens with zero attached hydrogens (tertiary/aromatic N) is 2. The molecule has 2 N–H and O–H groups in total. The Kier molecular flexibility index (Phi) is 5.40. The summed E-state index contributed by atoms with van der Waals surface area (Å²) in [5, 5.41) is 23.0. The van der Waals surface area contributed by atoms with Crippen LogP contribution in [0.3, 0.4) is 0 Å². The molecule has 0 saturated carbocycles. The van der Waals surface area contributed by atoms with Gasteiger partial charge in [-0.3, -0.25) is 19.8 Å². The zero-order valence-electron chi connectivity index (χ0n) is 12.7. The van der Waals surface area contributed by atoms with E-state index in [2.05, 4.69) is 5.32 Å². The number of nitrogens with one attached hydrogen (secondary N) is 1. The van der Waals surface area contributed by atoms with Crippen LogP contribution in [0, 0.1) is 10.1 Å². The van der Waals surface area contributed by atoms with Crippen LogP contribution in [-0.4, -0.2) is 46.1 Å². The minimum Gasteiger partial charge on any atom is -0.389 e. The van der Waals surface area contributed by atoms with E-state index in [-0.39, 0.29) is 11.6 Å². The highest BCUT2D eigenvalue weighted by Gasteiger charge is 2.23. The van der Waals surface area contributed by atoms with Crippen molar-refractivity contribution in [3.05, 3.63) is 34.4 Å². The summed E-state index contributed by atoms with van der Waals surface area (Å²) in [6, 6.07) is 5.20. The molecule has 0 radical (unpaired) electrons. The largest absolute Gasteiger partial charge is 0.389 e. The Morgan fingerprint density at radius 3 is 2.38 bits per heavy atom. The van der Waals surface area contributed by atoms with E-state index in [1.165, 1.54) is 24.3 Å².